The maximum atomic E-state index is 11.8. The van der Waals surface area contributed by atoms with Gasteiger partial charge in [0.1, 0.15) is 13.2 Å². The van der Waals surface area contributed by atoms with Crippen molar-refractivity contribution in [2.75, 3.05) is 13.2 Å². The molecule has 0 aliphatic rings. The van der Waals surface area contributed by atoms with E-state index in [0.717, 1.165) is 27.7 Å². The largest absolute Gasteiger partial charge is 0.464 e. The van der Waals surface area contributed by atoms with Crippen LogP contribution in [0.2, 0.25) is 0 Å². The zero-order chi connectivity index (χ0) is 23.4. The molecule has 0 radical (unpaired) electrons. The molecule has 0 saturated heterocycles. The molecule has 0 aromatic carbocycles. The molecule has 0 heterocycles. The summed E-state index contributed by atoms with van der Waals surface area (Å²) in [6.45, 7) is 5.90. The molecule has 0 bridgehead atoms. The van der Waals surface area contributed by atoms with E-state index in [-0.39, 0.29) is 0 Å². The Morgan fingerprint density at radius 3 is 1.50 bits per heavy atom. The second kappa shape index (κ2) is 13.1. The molecule has 0 aliphatic carbocycles. The summed E-state index contributed by atoms with van der Waals surface area (Å²) in [5.74, 6) is -4.04. The molecular formula is C18H28N2O10. The van der Waals surface area contributed by atoms with Crippen molar-refractivity contribution >= 4 is 35.7 Å². The van der Waals surface area contributed by atoms with Gasteiger partial charge < -0.3 is 29.6 Å². The third-order valence-corrected chi connectivity index (χ3v) is 3.45. The highest BCUT2D eigenvalue weighted by molar-refractivity contribution is 5.75. The second-order valence-electron chi connectivity index (χ2n) is 6.36. The molecular weight excluding hydrogens is 404 g/mol. The molecule has 0 aromatic rings. The van der Waals surface area contributed by atoms with Crippen molar-refractivity contribution in [2.24, 2.45) is 0 Å². The van der Waals surface area contributed by atoms with Crippen LogP contribution in [0.15, 0.2) is 0 Å². The topological polar surface area (TPSA) is 163 Å². The third-order valence-electron chi connectivity index (χ3n) is 3.45. The summed E-state index contributed by atoms with van der Waals surface area (Å²) in [7, 11) is 0. The van der Waals surface area contributed by atoms with Crippen LogP contribution in [0.5, 0.6) is 0 Å². The van der Waals surface area contributed by atoms with Gasteiger partial charge in [-0.25, -0.2) is 0 Å². The van der Waals surface area contributed by atoms with E-state index in [1.165, 1.54) is 13.8 Å². The Kier molecular flexibility index (Phi) is 11.7. The van der Waals surface area contributed by atoms with Crippen LogP contribution in [-0.2, 0) is 47.7 Å². The highest BCUT2D eigenvalue weighted by Crippen LogP contribution is 2.16. The molecule has 30 heavy (non-hydrogen) atoms. The summed E-state index contributed by atoms with van der Waals surface area (Å²) in [4.78, 5) is 69.3. The van der Waals surface area contributed by atoms with Gasteiger partial charge in [0.05, 0.1) is 12.1 Å². The van der Waals surface area contributed by atoms with Crippen molar-refractivity contribution in [1.29, 1.82) is 0 Å². The van der Waals surface area contributed by atoms with Crippen LogP contribution in [0, 0.1) is 0 Å². The minimum atomic E-state index is -1.40. The van der Waals surface area contributed by atoms with Crippen LogP contribution in [0.25, 0.3) is 0 Å². The Labute approximate surface area is 173 Å². The van der Waals surface area contributed by atoms with Crippen LogP contribution < -0.4 is 10.6 Å². The SMILES string of the molecule is CC(=O)NC(COC(C)=O)C(NC(C)=O)C(OC(C)=O)C(COC(C)=O)OC(C)=O. The summed E-state index contributed by atoms with van der Waals surface area (Å²) >= 11 is 0. The molecule has 12 nitrogen and oxygen atoms in total. The fourth-order valence-corrected chi connectivity index (χ4v) is 2.53. The number of nitrogens with one attached hydrogen (secondary N) is 2. The van der Waals surface area contributed by atoms with Crippen LogP contribution in [0.1, 0.15) is 41.5 Å². The number of hydrogen-bond acceptors (Lipinski definition) is 10. The molecule has 0 spiro atoms. The Bertz CT molecular complexity index is 607. The molecule has 0 fully saturated rings. The first-order valence-electron chi connectivity index (χ1n) is 8.98. The van der Waals surface area contributed by atoms with E-state index in [1.54, 1.807) is 0 Å². The van der Waals surface area contributed by atoms with Crippen LogP contribution in [-0.4, -0.2) is 73.2 Å². The first-order chi connectivity index (χ1) is 13.8. The lowest BCUT2D eigenvalue weighted by Crippen LogP contribution is -2.63. The smallest absolute Gasteiger partial charge is 0.303 e. The van der Waals surface area contributed by atoms with Gasteiger partial charge in [-0.05, 0) is 0 Å². The number of rotatable bonds is 11. The zero-order valence-corrected chi connectivity index (χ0v) is 17.8. The molecule has 12 heteroatoms. The summed E-state index contributed by atoms with van der Waals surface area (Å²) < 4.78 is 20.2. The molecule has 170 valence electrons. The van der Waals surface area contributed by atoms with Crippen molar-refractivity contribution in [3.05, 3.63) is 0 Å². The van der Waals surface area contributed by atoms with Crippen LogP contribution >= 0.6 is 0 Å². The average Bonchev–Trinajstić information content (AvgIpc) is 2.57. The normalized spacial score (nSPS) is 14.2. The first kappa shape index (κ1) is 26.8. The van der Waals surface area contributed by atoms with Crippen LogP contribution in [0.3, 0.4) is 0 Å². The van der Waals surface area contributed by atoms with Crippen molar-refractivity contribution in [3.63, 3.8) is 0 Å². The van der Waals surface area contributed by atoms with Crippen molar-refractivity contribution in [2.45, 2.75) is 65.8 Å². The first-order valence-corrected chi connectivity index (χ1v) is 8.98. The summed E-state index contributed by atoms with van der Waals surface area (Å²) in [6.07, 6.45) is -2.73. The summed E-state index contributed by atoms with van der Waals surface area (Å²) in [5, 5.41) is 5.00. The quantitative estimate of drug-likeness (QED) is 0.305. The fourth-order valence-electron chi connectivity index (χ4n) is 2.53. The van der Waals surface area contributed by atoms with Gasteiger partial charge in [-0.15, -0.1) is 0 Å². The van der Waals surface area contributed by atoms with E-state index in [9.17, 15) is 28.8 Å². The van der Waals surface area contributed by atoms with E-state index < -0.39 is 73.2 Å². The van der Waals surface area contributed by atoms with Gasteiger partial charge in [0.2, 0.25) is 11.8 Å². The van der Waals surface area contributed by atoms with Gasteiger partial charge >= 0.3 is 23.9 Å². The standard InChI is InChI=1S/C18H28N2O10/c1-9(21)19-15(7-27-11(3)23)17(20-10(2)22)18(30-14(6)26)16(29-13(5)25)8-28-12(4)24/h15-18H,7-8H2,1-6H3,(H,19,21)(H,20,22). The summed E-state index contributed by atoms with van der Waals surface area (Å²) in [6, 6.07) is -2.29. The highest BCUT2D eigenvalue weighted by atomic mass is 16.6. The average molecular weight is 432 g/mol. The lowest BCUT2D eigenvalue weighted by atomic mass is 9.97. The predicted molar refractivity (Wildman–Crippen MR) is 99.6 cm³/mol. The van der Waals surface area contributed by atoms with E-state index in [4.69, 9.17) is 18.9 Å². The zero-order valence-electron chi connectivity index (χ0n) is 17.8. The number of esters is 4. The molecule has 2 N–H and O–H groups in total. The maximum absolute atomic E-state index is 11.8. The lowest BCUT2D eigenvalue weighted by molar-refractivity contribution is -0.177. The van der Waals surface area contributed by atoms with E-state index in [0.29, 0.717) is 0 Å². The molecule has 0 rings (SSSR count). The van der Waals surface area contributed by atoms with Gasteiger partial charge in [0.25, 0.3) is 0 Å². The maximum Gasteiger partial charge on any atom is 0.303 e. The predicted octanol–water partition coefficient (Wildman–Crippen LogP) is -1.01. The molecule has 0 aliphatic heterocycles. The van der Waals surface area contributed by atoms with Gasteiger partial charge in [-0.2, -0.15) is 0 Å². The van der Waals surface area contributed by atoms with Crippen molar-refractivity contribution in [1.82, 2.24) is 10.6 Å². The minimum absolute atomic E-state index is 0.391. The van der Waals surface area contributed by atoms with Crippen LogP contribution in [0.4, 0.5) is 0 Å². The van der Waals surface area contributed by atoms with Gasteiger partial charge in [-0.3, -0.25) is 28.8 Å². The summed E-state index contributed by atoms with van der Waals surface area (Å²) in [5.41, 5.74) is 0. The molecule has 2 amide bonds. The number of ether oxygens (including phenoxy) is 4. The molecule has 4 unspecified atom stereocenters. The number of carbonyl (C=O) groups excluding carboxylic acids is 6. The van der Waals surface area contributed by atoms with E-state index in [1.807, 2.05) is 0 Å². The number of hydrogen-bond donors (Lipinski definition) is 2. The lowest BCUT2D eigenvalue weighted by Gasteiger charge is -2.36. The van der Waals surface area contributed by atoms with E-state index >= 15 is 0 Å². The molecule has 0 aromatic heterocycles. The Morgan fingerprint density at radius 2 is 1.10 bits per heavy atom. The number of amides is 2. The van der Waals surface area contributed by atoms with E-state index in [2.05, 4.69) is 10.6 Å². The molecule has 0 saturated carbocycles. The monoisotopic (exact) mass is 432 g/mol. The minimum Gasteiger partial charge on any atom is -0.464 e. The third kappa shape index (κ3) is 11.6. The van der Waals surface area contributed by atoms with Gasteiger partial charge in [0.15, 0.2) is 12.2 Å². The molecule has 4 atom stereocenters. The fraction of sp³-hybridized carbons (Fsp3) is 0.667. The second-order valence-corrected chi connectivity index (χ2v) is 6.36. The Hall–Kier alpha value is -3.18. The van der Waals surface area contributed by atoms with Gasteiger partial charge in [0, 0.05) is 41.5 Å². The van der Waals surface area contributed by atoms with Crippen molar-refractivity contribution in [3.8, 4) is 0 Å². The highest BCUT2D eigenvalue weighted by Gasteiger charge is 2.41. The van der Waals surface area contributed by atoms with Crippen molar-refractivity contribution < 1.29 is 47.7 Å². The van der Waals surface area contributed by atoms with Gasteiger partial charge in [-0.1, -0.05) is 0 Å². The Balaban J connectivity index is 6.19. The number of carbonyl (C=O) groups is 6. The Morgan fingerprint density at radius 1 is 0.633 bits per heavy atom.